The van der Waals surface area contributed by atoms with E-state index >= 15 is 0 Å². The molecule has 0 rings (SSSR count). The van der Waals surface area contributed by atoms with Crippen LogP contribution in [0.4, 0.5) is 13.2 Å². The van der Waals surface area contributed by atoms with Gasteiger partial charge < -0.3 is 0 Å². The fourth-order valence-electron chi connectivity index (χ4n) is 0. The van der Waals surface area contributed by atoms with Gasteiger partial charge >= 0.3 is 4.83 Å². The van der Waals surface area contributed by atoms with Gasteiger partial charge in [-0.15, -0.1) is 0 Å². The van der Waals surface area contributed by atoms with Gasteiger partial charge in [0.25, 0.3) is 2.58 Å². The van der Waals surface area contributed by atoms with E-state index < -0.39 is 7.42 Å². The Morgan fingerprint density at radius 1 is 1.12 bits per heavy atom. The summed E-state index contributed by atoms with van der Waals surface area (Å²) in [5, 5.41) is 0. The van der Waals surface area contributed by atoms with Crippen molar-refractivity contribution in [3.63, 3.8) is 0 Å². The highest BCUT2D eigenvalue weighted by atomic mass is 127. The quantitative estimate of drug-likeness (QED) is 0.492. The third-order valence-corrected chi connectivity index (χ3v) is 3.32. The summed E-state index contributed by atoms with van der Waals surface area (Å²) in [6.45, 7) is 0. The Morgan fingerprint density at radius 2 is 1.25 bits per heavy atom. The van der Waals surface area contributed by atoms with Crippen LogP contribution in [0.15, 0.2) is 0 Å². The first-order valence-corrected chi connectivity index (χ1v) is 4.05. The van der Waals surface area contributed by atoms with Crippen LogP contribution in [0.1, 0.15) is 0 Å². The molecule has 0 N–H and O–H groups in total. The van der Waals surface area contributed by atoms with E-state index in [-0.39, 0.29) is 0 Å². The molecule has 0 spiro atoms. The summed E-state index contributed by atoms with van der Waals surface area (Å²) < 4.78 is 32.7. The van der Waals surface area contributed by atoms with Crippen molar-refractivity contribution in [1.29, 1.82) is 0 Å². The van der Waals surface area contributed by atoms with E-state index in [1.807, 2.05) is 15.9 Å². The first-order valence-electron chi connectivity index (χ1n) is 1.38. The van der Waals surface area contributed by atoms with Crippen LogP contribution in [-0.4, -0.2) is 7.42 Å². The highest BCUT2D eigenvalue weighted by molar-refractivity contribution is 14.1. The van der Waals surface area contributed by atoms with Crippen LogP contribution < -0.4 is 0 Å². The van der Waals surface area contributed by atoms with Crippen LogP contribution >= 0.6 is 54.5 Å². The van der Waals surface area contributed by atoms with Crippen molar-refractivity contribution < 1.29 is 13.2 Å². The molecule has 0 aliphatic rings. The second-order valence-corrected chi connectivity index (χ2v) is 6.05. The zero-order chi connectivity index (χ0) is 7.00. The zero-order valence-corrected chi connectivity index (χ0v) is 8.60. The second kappa shape index (κ2) is 2.61. The molecule has 0 aromatic carbocycles. The Balaban J connectivity index is 4.02. The Hall–Kier alpha value is 1.48. The lowest BCUT2D eigenvalue weighted by molar-refractivity contribution is 0.0602. The molecule has 0 bridgehead atoms. The highest BCUT2D eigenvalue weighted by Gasteiger charge is 2.48. The predicted molar refractivity (Wildman–Crippen MR) is 40.7 cm³/mol. The maximum atomic E-state index is 12.0. The third-order valence-electron chi connectivity index (χ3n) is 0.321. The molecule has 0 aromatic heterocycles. The van der Waals surface area contributed by atoms with E-state index in [4.69, 9.17) is 0 Å². The van der Waals surface area contributed by atoms with Crippen LogP contribution in [-0.2, 0) is 0 Å². The van der Waals surface area contributed by atoms with Crippen LogP contribution in [0.2, 0.25) is 0 Å². The average Bonchev–Trinajstić information content (AvgIpc) is 1.25. The van der Waals surface area contributed by atoms with E-state index in [1.54, 1.807) is 0 Å². The van der Waals surface area contributed by atoms with Gasteiger partial charge in [-0.1, -0.05) is 0 Å². The third kappa shape index (κ3) is 2.86. The molecule has 0 heterocycles. The van der Waals surface area contributed by atoms with E-state index in [2.05, 4.69) is 15.9 Å². The highest BCUT2D eigenvalue weighted by Crippen LogP contribution is 2.47. The lowest BCUT2D eigenvalue weighted by Crippen LogP contribution is -2.25. The molecule has 0 radical (unpaired) electrons. The Labute approximate surface area is 74.6 Å². The maximum Gasteiger partial charge on any atom is 0.353 e. The molecule has 0 aromatic rings. The van der Waals surface area contributed by atoms with Gasteiger partial charge in [-0.3, -0.25) is 0 Å². The smallest absolute Gasteiger partial charge is 0.212 e. The largest absolute Gasteiger partial charge is 0.353 e. The van der Waals surface area contributed by atoms with Crippen LogP contribution in [0.3, 0.4) is 0 Å². The molecule has 8 heavy (non-hydrogen) atoms. The number of halogens is 6. The molecular formula is C2Br2F3I. The molecule has 0 aliphatic carbocycles. The molecule has 0 nitrogen and oxygen atoms in total. The molecule has 0 aliphatic heterocycles. The molecule has 50 valence electrons. The van der Waals surface area contributed by atoms with Crippen molar-refractivity contribution in [2.24, 2.45) is 0 Å². The minimum Gasteiger partial charge on any atom is -0.212 e. The van der Waals surface area contributed by atoms with Crippen molar-refractivity contribution in [3.8, 4) is 0 Å². The number of hydrogen-bond acceptors (Lipinski definition) is 0. The maximum absolute atomic E-state index is 12.0. The molecule has 0 fully saturated rings. The van der Waals surface area contributed by atoms with Crippen molar-refractivity contribution >= 4 is 54.5 Å². The average molecular weight is 368 g/mol. The summed E-state index contributed by atoms with van der Waals surface area (Å²) in [7, 11) is 0. The van der Waals surface area contributed by atoms with Gasteiger partial charge in [0.05, 0.1) is 0 Å². The Morgan fingerprint density at radius 3 is 1.25 bits per heavy atom. The number of rotatable bonds is 1. The SMILES string of the molecule is FC(F)(Br)C(F)(Br)I. The van der Waals surface area contributed by atoms with Gasteiger partial charge in [0.15, 0.2) is 0 Å². The van der Waals surface area contributed by atoms with Crippen molar-refractivity contribution in [2.75, 3.05) is 0 Å². The molecular weight excluding hydrogens is 368 g/mol. The number of alkyl halides is 6. The Kier molecular flexibility index (Phi) is 3.09. The molecule has 0 saturated carbocycles. The van der Waals surface area contributed by atoms with Crippen LogP contribution in [0.5, 0.6) is 0 Å². The van der Waals surface area contributed by atoms with Crippen molar-refractivity contribution in [3.05, 3.63) is 0 Å². The van der Waals surface area contributed by atoms with Crippen molar-refractivity contribution in [1.82, 2.24) is 0 Å². The lowest BCUT2D eigenvalue weighted by Gasteiger charge is -2.15. The minimum atomic E-state index is -3.51. The summed E-state index contributed by atoms with van der Waals surface area (Å²) >= 11 is 4.89. The van der Waals surface area contributed by atoms with Gasteiger partial charge in [0.1, 0.15) is 0 Å². The van der Waals surface area contributed by atoms with Gasteiger partial charge in [-0.25, -0.2) is 4.39 Å². The normalized spacial score (nSPS) is 20.2. The first kappa shape index (κ1) is 9.48. The van der Waals surface area contributed by atoms with Gasteiger partial charge in [0.2, 0.25) is 0 Å². The lowest BCUT2D eigenvalue weighted by atomic mass is 10.8. The summed E-state index contributed by atoms with van der Waals surface area (Å²) in [5.41, 5.74) is 0. The molecule has 1 atom stereocenters. The summed E-state index contributed by atoms with van der Waals surface area (Å²) in [6.07, 6.45) is 0. The summed E-state index contributed by atoms with van der Waals surface area (Å²) in [5.74, 6) is 0. The van der Waals surface area contributed by atoms with Crippen LogP contribution in [0, 0.1) is 0 Å². The van der Waals surface area contributed by atoms with Crippen LogP contribution in [0.25, 0.3) is 0 Å². The molecule has 1 unspecified atom stereocenters. The minimum absolute atomic E-state index is 0.936. The fourth-order valence-corrected chi connectivity index (χ4v) is 0. The van der Waals surface area contributed by atoms with E-state index in [0.717, 1.165) is 22.6 Å². The second-order valence-electron chi connectivity index (χ2n) is 0.996. The van der Waals surface area contributed by atoms with E-state index in [9.17, 15) is 13.2 Å². The van der Waals surface area contributed by atoms with Gasteiger partial charge in [0, 0.05) is 0 Å². The predicted octanol–water partition coefficient (Wildman–Crippen LogP) is 3.43. The van der Waals surface area contributed by atoms with E-state index in [0.29, 0.717) is 0 Å². The standard InChI is InChI=1S/C2Br2F3I/c3-1(5,6)2(4,7)8. The topological polar surface area (TPSA) is 0 Å². The fraction of sp³-hybridized carbons (Fsp3) is 1.00. The Bertz CT molecular complexity index is 70.3. The molecule has 0 amide bonds. The first-order chi connectivity index (χ1) is 3.25. The molecule has 6 heteroatoms. The number of hydrogen-bond donors (Lipinski definition) is 0. The monoisotopic (exact) mass is 366 g/mol. The van der Waals surface area contributed by atoms with E-state index in [1.165, 1.54) is 0 Å². The molecule has 0 saturated heterocycles. The summed E-state index contributed by atoms with van der Waals surface area (Å²) in [4.78, 5) is -3.51. The van der Waals surface area contributed by atoms with Crippen molar-refractivity contribution in [2.45, 2.75) is 7.42 Å². The van der Waals surface area contributed by atoms with Gasteiger partial charge in [-0.05, 0) is 54.5 Å². The zero-order valence-electron chi connectivity index (χ0n) is 3.27. The summed E-state index contributed by atoms with van der Waals surface area (Å²) in [6, 6.07) is 0. The van der Waals surface area contributed by atoms with Gasteiger partial charge in [-0.2, -0.15) is 8.78 Å².